The number of hydrogen-bond acceptors (Lipinski definition) is 4. The molecule has 0 spiro atoms. The molecule has 0 aliphatic carbocycles. The Hall–Kier alpha value is -2.13. The van der Waals surface area contributed by atoms with Crippen molar-refractivity contribution in [2.75, 3.05) is 24.5 Å². The lowest BCUT2D eigenvalue weighted by Gasteiger charge is -2.34. The molecule has 2 N–H and O–H groups in total. The highest BCUT2D eigenvalue weighted by Gasteiger charge is 2.28. The standard InChI is InChI=1S/C20H30N4O4S/c1-20(2,3)21-19(26)23-13-10-15(11-14-23)22-29(27,28)17-8-6-16(7-9-17)24-12-4-5-18(24)25/h6-9,15,22H,4-5,10-14H2,1-3H3,(H,21,26). The van der Waals surface area contributed by atoms with E-state index < -0.39 is 10.0 Å². The number of rotatable bonds is 4. The summed E-state index contributed by atoms with van der Waals surface area (Å²) in [6, 6.07) is 6.10. The van der Waals surface area contributed by atoms with E-state index in [4.69, 9.17) is 0 Å². The van der Waals surface area contributed by atoms with Gasteiger partial charge < -0.3 is 15.1 Å². The molecule has 2 aliphatic heterocycles. The van der Waals surface area contributed by atoms with Crippen molar-refractivity contribution in [2.24, 2.45) is 0 Å². The third kappa shape index (κ3) is 5.48. The molecule has 160 valence electrons. The molecule has 0 aromatic heterocycles. The SMILES string of the molecule is CC(C)(C)NC(=O)N1CCC(NS(=O)(=O)c2ccc(N3CCCC3=O)cc2)CC1. The van der Waals surface area contributed by atoms with Crippen molar-refractivity contribution in [1.29, 1.82) is 0 Å². The molecule has 3 amide bonds. The number of nitrogens with one attached hydrogen (secondary N) is 2. The fraction of sp³-hybridized carbons (Fsp3) is 0.600. The summed E-state index contributed by atoms with van der Waals surface area (Å²) in [4.78, 5) is 27.7. The molecule has 1 aromatic rings. The first kappa shape index (κ1) is 21.6. The van der Waals surface area contributed by atoms with Crippen LogP contribution in [0.5, 0.6) is 0 Å². The van der Waals surface area contributed by atoms with Crippen molar-refractivity contribution in [1.82, 2.24) is 14.9 Å². The molecule has 0 bridgehead atoms. The first-order valence-electron chi connectivity index (χ1n) is 10.0. The van der Waals surface area contributed by atoms with Crippen LogP contribution in [0, 0.1) is 0 Å². The van der Waals surface area contributed by atoms with E-state index in [0.717, 1.165) is 12.1 Å². The Morgan fingerprint density at radius 1 is 1.07 bits per heavy atom. The van der Waals surface area contributed by atoms with Crippen LogP contribution < -0.4 is 14.9 Å². The second kappa shape index (κ2) is 8.31. The molecule has 2 fully saturated rings. The van der Waals surface area contributed by atoms with Gasteiger partial charge >= 0.3 is 6.03 Å². The van der Waals surface area contributed by atoms with Crippen LogP contribution in [0.15, 0.2) is 29.2 Å². The molecule has 9 heteroatoms. The number of piperidine rings is 1. The first-order valence-corrected chi connectivity index (χ1v) is 11.5. The van der Waals surface area contributed by atoms with Gasteiger partial charge in [-0.25, -0.2) is 17.9 Å². The quantitative estimate of drug-likeness (QED) is 0.776. The van der Waals surface area contributed by atoms with E-state index in [1.54, 1.807) is 21.9 Å². The lowest BCUT2D eigenvalue weighted by atomic mass is 10.1. The number of carbonyl (C=O) groups excluding carboxylic acids is 2. The number of amides is 3. The second-order valence-corrected chi connectivity index (χ2v) is 10.4. The molecule has 0 atom stereocenters. The Kier molecular flexibility index (Phi) is 6.19. The summed E-state index contributed by atoms with van der Waals surface area (Å²) in [5.74, 6) is 0.0704. The Balaban J connectivity index is 1.56. The average molecular weight is 423 g/mol. The lowest BCUT2D eigenvalue weighted by molar-refractivity contribution is -0.117. The van der Waals surface area contributed by atoms with Crippen LogP contribution in [0.25, 0.3) is 0 Å². The maximum Gasteiger partial charge on any atom is 0.317 e. The van der Waals surface area contributed by atoms with E-state index in [1.807, 2.05) is 20.8 Å². The fourth-order valence-corrected chi connectivity index (χ4v) is 4.92. The van der Waals surface area contributed by atoms with Crippen LogP contribution in [0.3, 0.4) is 0 Å². The highest BCUT2D eigenvalue weighted by Crippen LogP contribution is 2.23. The summed E-state index contributed by atoms with van der Waals surface area (Å²) in [5.41, 5.74) is 0.422. The minimum Gasteiger partial charge on any atom is -0.333 e. The minimum absolute atomic E-state index is 0.0704. The molecule has 1 aromatic carbocycles. The predicted molar refractivity (Wildman–Crippen MR) is 111 cm³/mol. The van der Waals surface area contributed by atoms with E-state index in [-0.39, 0.29) is 28.4 Å². The van der Waals surface area contributed by atoms with Gasteiger partial charge in [-0.1, -0.05) is 0 Å². The minimum atomic E-state index is -3.65. The normalized spacial score (nSPS) is 18.9. The Morgan fingerprint density at radius 3 is 2.21 bits per heavy atom. The van der Waals surface area contributed by atoms with Gasteiger partial charge in [-0.05, 0) is 64.3 Å². The highest BCUT2D eigenvalue weighted by atomic mass is 32.2. The summed E-state index contributed by atoms with van der Waals surface area (Å²) in [7, 11) is -3.65. The Labute approximate surface area is 172 Å². The summed E-state index contributed by atoms with van der Waals surface area (Å²) in [6.45, 7) is 7.46. The van der Waals surface area contributed by atoms with Gasteiger partial charge in [-0.2, -0.15) is 0 Å². The van der Waals surface area contributed by atoms with Crippen molar-refractivity contribution < 1.29 is 18.0 Å². The van der Waals surface area contributed by atoms with Crippen LogP contribution in [-0.2, 0) is 14.8 Å². The summed E-state index contributed by atoms with van der Waals surface area (Å²) in [6.07, 6.45) is 2.50. The van der Waals surface area contributed by atoms with Gasteiger partial charge in [0.05, 0.1) is 4.90 Å². The monoisotopic (exact) mass is 422 g/mol. The van der Waals surface area contributed by atoms with Gasteiger partial charge in [0.2, 0.25) is 15.9 Å². The van der Waals surface area contributed by atoms with Gasteiger partial charge in [-0.15, -0.1) is 0 Å². The molecule has 0 saturated carbocycles. The molecular weight excluding hydrogens is 392 g/mol. The van der Waals surface area contributed by atoms with E-state index in [1.165, 1.54) is 12.1 Å². The van der Waals surface area contributed by atoms with E-state index in [9.17, 15) is 18.0 Å². The van der Waals surface area contributed by atoms with Gasteiger partial charge in [0.25, 0.3) is 0 Å². The zero-order valence-corrected chi connectivity index (χ0v) is 18.1. The molecular formula is C20H30N4O4S. The summed E-state index contributed by atoms with van der Waals surface area (Å²) in [5, 5.41) is 2.93. The number of carbonyl (C=O) groups is 2. The smallest absolute Gasteiger partial charge is 0.317 e. The van der Waals surface area contributed by atoms with Crippen LogP contribution in [0.2, 0.25) is 0 Å². The number of benzene rings is 1. The third-order valence-corrected chi connectivity index (χ3v) is 6.65. The van der Waals surface area contributed by atoms with E-state index in [2.05, 4.69) is 10.0 Å². The van der Waals surface area contributed by atoms with Crippen molar-refractivity contribution in [3.05, 3.63) is 24.3 Å². The van der Waals surface area contributed by atoms with Crippen molar-refractivity contribution in [2.45, 2.75) is 62.9 Å². The number of urea groups is 1. The van der Waals surface area contributed by atoms with E-state index in [0.29, 0.717) is 38.9 Å². The molecule has 0 radical (unpaired) electrons. The Morgan fingerprint density at radius 2 is 1.69 bits per heavy atom. The zero-order valence-electron chi connectivity index (χ0n) is 17.3. The van der Waals surface area contributed by atoms with Gasteiger partial charge in [0.1, 0.15) is 0 Å². The van der Waals surface area contributed by atoms with Gasteiger partial charge in [-0.3, -0.25) is 4.79 Å². The van der Waals surface area contributed by atoms with E-state index >= 15 is 0 Å². The molecule has 0 unspecified atom stereocenters. The van der Waals surface area contributed by atoms with Crippen molar-refractivity contribution in [3.8, 4) is 0 Å². The highest BCUT2D eigenvalue weighted by molar-refractivity contribution is 7.89. The largest absolute Gasteiger partial charge is 0.333 e. The number of nitrogens with zero attached hydrogens (tertiary/aromatic N) is 2. The third-order valence-electron chi connectivity index (χ3n) is 5.12. The van der Waals surface area contributed by atoms with Crippen LogP contribution >= 0.6 is 0 Å². The topological polar surface area (TPSA) is 98.8 Å². The average Bonchev–Trinajstić information content (AvgIpc) is 3.06. The number of hydrogen-bond donors (Lipinski definition) is 2. The maximum atomic E-state index is 12.7. The van der Waals surface area contributed by atoms with Crippen LogP contribution in [0.1, 0.15) is 46.5 Å². The molecule has 2 heterocycles. The van der Waals surface area contributed by atoms with Gasteiger partial charge in [0.15, 0.2) is 0 Å². The predicted octanol–water partition coefficient (Wildman–Crippen LogP) is 2.06. The Bertz CT molecular complexity index is 853. The lowest BCUT2D eigenvalue weighted by Crippen LogP contribution is -2.53. The fourth-order valence-electron chi connectivity index (χ4n) is 3.61. The maximum absolute atomic E-state index is 12.7. The molecule has 8 nitrogen and oxygen atoms in total. The van der Waals surface area contributed by atoms with Crippen LogP contribution in [0.4, 0.5) is 10.5 Å². The molecule has 3 rings (SSSR count). The molecule has 2 aliphatic rings. The van der Waals surface area contributed by atoms with Crippen molar-refractivity contribution in [3.63, 3.8) is 0 Å². The number of likely N-dealkylation sites (tertiary alicyclic amines) is 1. The number of sulfonamides is 1. The second-order valence-electron chi connectivity index (χ2n) is 8.71. The zero-order chi connectivity index (χ0) is 21.2. The molecule has 29 heavy (non-hydrogen) atoms. The summed E-state index contributed by atoms with van der Waals surface area (Å²) < 4.78 is 28.2. The molecule has 2 saturated heterocycles. The van der Waals surface area contributed by atoms with Crippen LogP contribution in [-0.4, -0.2) is 56.5 Å². The van der Waals surface area contributed by atoms with Crippen molar-refractivity contribution >= 4 is 27.6 Å². The number of anilines is 1. The summed E-state index contributed by atoms with van der Waals surface area (Å²) >= 11 is 0. The van der Waals surface area contributed by atoms with Gasteiger partial charge in [0, 0.05) is 43.3 Å². The first-order chi connectivity index (χ1) is 13.5.